The molecule has 1 N–H and O–H groups in total. The molecule has 1 heterocycles. The lowest BCUT2D eigenvalue weighted by atomic mass is 9.94. The van der Waals surface area contributed by atoms with Crippen LogP contribution in [0.4, 0.5) is 18.9 Å². The first-order valence-corrected chi connectivity index (χ1v) is 11.4. The van der Waals surface area contributed by atoms with Gasteiger partial charge in [0.05, 0.1) is 49.1 Å². The van der Waals surface area contributed by atoms with E-state index in [0.717, 1.165) is 29.2 Å². The molecule has 198 valence electrons. The normalized spacial score (nSPS) is 17.0. The van der Waals surface area contributed by atoms with Crippen molar-refractivity contribution < 1.29 is 42.1 Å². The summed E-state index contributed by atoms with van der Waals surface area (Å²) in [5.74, 6) is -1.94. The van der Waals surface area contributed by atoms with Crippen LogP contribution in [-0.2, 0) is 15.8 Å². The number of benzene rings is 3. The molecule has 0 aliphatic carbocycles. The Balaban J connectivity index is 1.97. The number of ether oxygens (including phenoxy) is 3. The van der Waals surface area contributed by atoms with Gasteiger partial charge in [0.25, 0.3) is 11.7 Å². The van der Waals surface area contributed by atoms with E-state index in [-0.39, 0.29) is 33.3 Å². The Kier molecular flexibility index (Phi) is 7.28. The number of anilines is 1. The number of carbonyl (C=O) groups is 2. The fourth-order valence-corrected chi connectivity index (χ4v) is 4.47. The van der Waals surface area contributed by atoms with E-state index in [2.05, 4.69) is 0 Å². The number of amides is 1. The molecule has 1 saturated heterocycles. The van der Waals surface area contributed by atoms with Crippen molar-refractivity contribution >= 4 is 34.7 Å². The summed E-state index contributed by atoms with van der Waals surface area (Å²) in [6, 6.07) is 11.7. The van der Waals surface area contributed by atoms with Crippen LogP contribution < -0.4 is 19.1 Å². The molecule has 4 rings (SSSR count). The number of carbonyl (C=O) groups excluding carboxylic acids is 2. The SMILES string of the molecule is COc1cccc(C2/C(=C(\O)c3cc(Cl)c(OC)cc3OC)C(=O)C(=O)N2c2ccc(C(F)(F)F)cc2)c1. The highest BCUT2D eigenvalue weighted by Crippen LogP contribution is 2.45. The highest BCUT2D eigenvalue weighted by Gasteiger charge is 2.47. The zero-order valence-electron chi connectivity index (χ0n) is 20.3. The number of nitrogens with zero attached hydrogens (tertiary/aromatic N) is 1. The summed E-state index contributed by atoms with van der Waals surface area (Å²) < 4.78 is 55.3. The van der Waals surface area contributed by atoms with Gasteiger partial charge in [-0.15, -0.1) is 0 Å². The number of hydrogen-bond donors (Lipinski definition) is 1. The van der Waals surface area contributed by atoms with Crippen LogP contribution in [-0.4, -0.2) is 38.1 Å². The number of methoxy groups -OCH3 is 3. The van der Waals surface area contributed by atoms with Crippen molar-refractivity contribution in [2.24, 2.45) is 0 Å². The molecular formula is C27H21ClF3NO6. The lowest BCUT2D eigenvalue weighted by molar-refractivity contribution is -0.137. The molecule has 1 atom stereocenters. The molecule has 1 unspecified atom stereocenters. The van der Waals surface area contributed by atoms with E-state index < -0.39 is 35.2 Å². The summed E-state index contributed by atoms with van der Waals surface area (Å²) >= 11 is 6.26. The van der Waals surface area contributed by atoms with Gasteiger partial charge in [0.2, 0.25) is 0 Å². The molecule has 7 nitrogen and oxygen atoms in total. The monoisotopic (exact) mass is 547 g/mol. The Bertz CT molecular complexity index is 1440. The van der Waals surface area contributed by atoms with Gasteiger partial charge in [-0.1, -0.05) is 23.7 Å². The van der Waals surface area contributed by atoms with Gasteiger partial charge >= 0.3 is 6.18 Å². The van der Waals surface area contributed by atoms with Gasteiger partial charge in [0, 0.05) is 11.8 Å². The zero-order valence-corrected chi connectivity index (χ0v) is 21.1. The second-order valence-electron chi connectivity index (χ2n) is 8.18. The molecule has 0 saturated carbocycles. The number of aliphatic hydroxyl groups is 1. The van der Waals surface area contributed by atoms with E-state index in [0.29, 0.717) is 11.3 Å². The number of hydrogen-bond acceptors (Lipinski definition) is 6. The molecule has 1 fully saturated rings. The Hall–Kier alpha value is -4.18. The summed E-state index contributed by atoms with van der Waals surface area (Å²) in [5, 5.41) is 11.5. The van der Waals surface area contributed by atoms with Gasteiger partial charge in [0.1, 0.15) is 23.0 Å². The largest absolute Gasteiger partial charge is 0.507 e. The smallest absolute Gasteiger partial charge is 0.416 e. The van der Waals surface area contributed by atoms with E-state index >= 15 is 0 Å². The summed E-state index contributed by atoms with van der Waals surface area (Å²) in [6.45, 7) is 0. The van der Waals surface area contributed by atoms with Crippen molar-refractivity contribution in [3.63, 3.8) is 0 Å². The van der Waals surface area contributed by atoms with Gasteiger partial charge in [-0.2, -0.15) is 13.2 Å². The Morgan fingerprint density at radius 2 is 1.58 bits per heavy atom. The van der Waals surface area contributed by atoms with Crippen molar-refractivity contribution in [3.05, 3.63) is 87.9 Å². The standard InChI is InChI=1S/C27H21ClF3NO6/c1-36-17-6-4-5-14(11-17)23-22(24(33)18-12-19(28)21(38-3)13-20(18)37-2)25(34)26(35)32(23)16-9-7-15(8-10-16)27(29,30)31/h4-13,23,33H,1-3H3/b24-22+. The van der Waals surface area contributed by atoms with Gasteiger partial charge in [-0.25, -0.2) is 0 Å². The minimum atomic E-state index is -4.59. The first-order valence-electron chi connectivity index (χ1n) is 11.1. The molecule has 3 aromatic rings. The molecule has 0 spiro atoms. The third kappa shape index (κ3) is 4.74. The Morgan fingerprint density at radius 3 is 2.16 bits per heavy atom. The number of aliphatic hydroxyl groups excluding tert-OH is 1. The van der Waals surface area contributed by atoms with Crippen LogP contribution in [0, 0.1) is 0 Å². The molecule has 11 heteroatoms. The lowest BCUT2D eigenvalue weighted by Crippen LogP contribution is -2.29. The molecule has 1 amide bonds. The fraction of sp³-hybridized carbons (Fsp3) is 0.185. The van der Waals surface area contributed by atoms with Crippen molar-refractivity contribution in [2.75, 3.05) is 26.2 Å². The van der Waals surface area contributed by atoms with Crippen LogP contribution >= 0.6 is 11.6 Å². The molecule has 38 heavy (non-hydrogen) atoms. The van der Waals surface area contributed by atoms with Gasteiger partial charge in [0.15, 0.2) is 0 Å². The molecule has 0 bridgehead atoms. The van der Waals surface area contributed by atoms with E-state index in [1.807, 2.05) is 0 Å². The first kappa shape index (κ1) is 26.9. The van der Waals surface area contributed by atoms with Gasteiger partial charge < -0.3 is 19.3 Å². The van der Waals surface area contributed by atoms with E-state index in [4.69, 9.17) is 25.8 Å². The van der Waals surface area contributed by atoms with E-state index in [9.17, 15) is 27.9 Å². The predicted octanol–water partition coefficient (Wildman–Crippen LogP) is 6.01. The Labute approximate surface area is 220 Å². The quantitative estimate of drug-likeness (QED) is 0.231. The zero-order chi connectivity index (χ0) is 27.8. The lowest BCUT2D eigenvalue weighted by Gasteiger charge is -2.26. The number of Topliss-reactive ketones (excluding diaryl/α,β-unsaturated/α-hetero) is 1. The minimum absolute atomic E-state index is 0.0108. The summed E-state index contributed by atoms with van der Waals surface area (Å²) in [4.78, 5) is 27.7. The molecular weight excluding hydrogens is 527 g/mol. The molecule has 3 aromatic carbocycles. The average Bonchev–Trinajstić information content (AvgIpc) is 3.17. The third-order valence-electron chi connectivity index (χ3n) is 6.06. The maximum absolute atomic E-state index is 13.4. The molecule has 0 aromatic heterocycles. The molecule has 0 radical (unpaired) electrons. The van der Waals surface area contributed by atoms with Crippen molar-refractivity contribution in [3.8, 4) is 17.2 Å². The van der Waals surface area contributed by atoms with Crippen molar-refractivity contribution in [2.45, 2.75) is 12.2 Å². The minimum Gasteiger partial charge on any atom is -0.507 e. The first-order chi connectivity index (χ1) is 18.0. The van der Waals surface area contributed by atoms with Gasteiger partial charge in [-0.05, 0) is 48.0 Å². The summed E-state index contributed by atoms with van der Waals surface area (Å²) in [7, 11) is 4.15. The van der Waals surface area contributed by atoms with Crippen molar-refractivity contribution in [1.82, 2.24) is 0 Å². The Morgan fingerprint density at radius 1 is 0.921 bits per heavy atom. The van der Waals surface area contributed by atoms with Crippen LogP contribution in [0.15, 0.2) is 66.2 Å². The molecule has 1 aliphatic rings. The van der Waals surface area contributed by atoms with Crippen LogP contribution in [0.1, 0.15) is 22.7 Å². The van der Waals surface area contributed by atoms with Gasteiger partial charge in [-0.3, -0.25) is 14.5 Å². The number of ketones is 1. The fourth-order valence-electron chi connectivity index (χ4n) is 4.23. The van der Waals surface area contributed by atoms with Crippen LogP contribution in [0.2, 0.25) is 5.02 Å². The summed E-state index contributed by atoms with van der Waals surface area (Å²) in [5.41, 5.74) is -0.844. The average molecular weight is 548 g/mol. The predicted molar refractivity (Wildman–Crippen MR) is 134 cm³/mol. The van der Waals surface area contributed by atoms with E-state index in [1.165, 1.54) is 33.5 Å². The van der Waals surface area contributed by atoms with Crippen molar-refractivity contribution in [1.29, 1.82) is 0 Å². The highest BCUT2D eigenvalue weighted by molar-refractivity contribution is 6.51. The number of alkyl halides is 3. The van der Waals surface area contributed by atoms with Crippen LogP contribution in [0.3, 0.4) is 0 Å². The third-order valence-corrected chi connectivity index (χ3v) is 6.35. The highest BCUT2D eigenvalue weighted by atomic mass is 35.5. The maximum Gasteiger partial charge on any atom is 0.416 e. The second kappa shape index (κ2) is 10.3. The maximum atomic E-state index is 13.4. The molecule has 1 aliphatic heterocycles. The number of halogens is 4. The van der Waals surface area contributed by atoms with E-state index in [1.54, 1.807) is 24.3 Å². The summed E-state index contributed by atoms with van der Waals surface area (Å²) in [6.07, 6.45) is -4.59. The number of rotatable bonds is 6. The van der Waals surface area contributed by atoms with Crippen LogP contribution in [0.5, 0.6) is 17.2 Å². The topological polar surface area (TPSA) is 85.3 Å². The van der Waals surface area contributed by atoms with Crippen LogP contribution in [0.25, 0.3) is 5.76 Å². The second-order valence-corrected chi connectivity index (χ2v) is 8.58.